The largest absolute Gasteiger partial charge is 0.432 e. The summed E-state index contributed by atoms with van der Waals surface area (Å²) >= 11 is 0. The Labute approximate surface area is 284 Å². The Bertz CT molecular complexity index is 1910. The van der Waals surface area contributed by atoms with E-state index in [1.165, 1.54) is 62.3 Å². The van der Waals surface area contributed by atoms with E-state index in [-0.39, 0.29) is 28.8 Å². The Kier molecular flexibility index (Phi) is 11.6. The van der Waals surface area contributed by atoms with Crippen LogP contribution in [0.4, 0.5) is 39.5 Å². The lowest BCUT2D eigenvalue weighted by Crippen LogP contribution is -2.25. The fraction of sp³-hybridized carbons (Fsp3) is 0.250. The van der Waals surface area contributed by atoms with E-state index in [1.807, 2.05) is 24.3 Å². The normalized spacial score (nSPS) is 11.6. The predicted octanol–water partition coefficient (Wildman–Crippen LogP) is 13.1. The van der Waals surface area contributed by atoms with Gasteiger partial charge in [0.1, 0.15) is 34.6 Å². The van der Waals surface area contributed by atoms with Gasteiger partial charge < -0.3 is 4.74 Å². The van der Waals surface area contributed by atoms with Crippen molar-refractivity contribution in [1.29, 1.82) is 0 Å². The minimum atomic E-state index is -4.80. The van der Waals surface area contributed by atoms with Crippen molar-refractivity contribution >= 4 is 0 Å². The summed E-state index contributed by atoms with van der Waals surface area (Å²) in [7, 11) is 0. The van der Waals surface area contributed by atoms with Crippen molar-refractivity contribution in [1.82, 2.24) is 0 Å². The van der Waals surface area contributed by atoms with Gasteiger partial charge in [-0.05, 0) is 64.9 Å². The topological polar surface area (TPSA) is 9.23 Å². The molecule has 0 spiro atoms. The third-order valence-corrected chi connectivity index (χ3v) is 8.45. The zero-order valence-corrected chi connectivity index (χ0v) is 27.0. The van der Waals surface area contributed by atoms with E-state index in [2.05, 4.69) is 11.7 Å². The molecule has 0 heterocycles. The van der Waals surface area contributed by atoms with Gasteiger partial charge in [0.25, 0.3) is 0 Å². The molecule has 0 aliphatic heterocycles. The maximum absolute atomic E-state index is 15.3. The second-order valence-corrected chi connectivity index (χ2v) is 12.1. The molecule has 5 aromatic rings. The van der Waals surface area contributed by atoms with Crippen LogP contribution < -0.4 is 4.74 Å². The number of hydrogen-bond donors (Lipinski definition) is 0. The van der Waals surface area contributed by atoms with E-state index in [0.717, 1.165) is 30.5 Å². The van der Waals surface area contributed by atoms with Crippen LogP contribution in [0, 0.1) is 40.7 Å². The third-order valence-electron chi connectivity index (χ3n) is 8.45. The Hall–Kier alpha value is -4.73. The number of ether oxygens (including phenoxy) is 1. The molecule has 0 fully saturated rings. The smallest absolute Gasteiger partial charge is 0.429 e. The molecule has 0 aromatic heterocycles. The number of alkyl halides is 2. The van der Waals surface area contributed by atoms with Gasteiger partial charge in [-0.25, -0.2) is 30.7 Å². The highest BCUT2D eigenvalue weighted by molar-refractivity contribution is 5.74. The van der Waals surface area contributed by atoms with Gasteiger partial charge in [0.05, 0.1) is 0 Å². The molecular weight excluding hydrogens is 667 g/mol. The van der Waals surface area contributed by atoms with Crippen LogP contribution in [0.1, 0.15) is 63.0 Å². The van der Waals surface area contributed by atoms with Crippen molar-refractivity contribution in [2.45, 2.75) is 64.4 Å². The molecule has 262 valence electrons. The molecule has 0 saturated heterocycles. The Morgan fingerprint density at radius 2 is 0.960 bits per heavy atom. The number of aryl methyl sites for hydroxylation is 1. The summed E-state index contributed by atoms with van der Waals surface area (Å²) in [5.41, 5.74) is 0.0446. The lowest BCUT2D eigenvalue weighted by molar-refractivity contribution is -0.189. The van der Waals surface area contributed by atoms with Gasteiger partial charge in [-0.1, -0.05) is 94.0 Å². The molecule has 5 aromatic carbocycles. The maximum atomic E-state index is 15.3. The molecule has 0 bridgehead atoms. The zero-order chi connectivity index (χ0) is 36.0. The Balaban J connectivity index is 1.29. The van der Waals surface area contributed by atoms with E-state index < -0.39 is 63.7 Å². The van der Waals surface area contributed by atoms with Gasteiger partial charge in [-0.3, -0.25) is 0 Å². The lowest BCUT2D eigenvalue weighted by Gasteiger charge is -2.20. The van der Waals surface area contributed by atoms with Gasteiger partial charge in [0.15, 0.2) is 17.5 Å². The van der Waals surface area contributed by atoms with Gasteiger partial charge in [-0.15, -0.1) is 0 Å². The van der Waals surface area contributed by atoms with Gasteiger partial charge in [0, 0.05) is 23.3 Å². The first-order valence-corrected chi connectivity index (χ1v) is 16.3. The average molecular weight is 701 g/mol. The quantitative estimate of drug-likeness (QED) is 0.0637. The number of unbranched alkanes of at least 4 members (excludes halogenated alkanes) is 6. The van der Waals surface area contributed by atoms with Gasteiger partial charge in [0.2, 0.25) is 0 Å². The SMILES string of the molecule is CCCCCCCCCc1ccc(-c2ccc(-c3ccc(-c4cc(F)c(C(F)(F)Oc5cc(F)c(F)c(F)c5)c(F)c4)c(F)c3)c(F)c2)cc1. The maximum Gasteiger partial charge on any atom is 0.432 e. The molecule has 50 heavy (non-hydrogen) atoms. The van der Waals surface area contributed by atoms with E-state index in [1.54, 1.807) is 6.07 Å². The molecular formula is C40H33F9O. The molecule has 0 aliphatic rings. The minimum Gasteiger partial charge on any atom is -0.429 e. The highest BCUT2D eigenvalue weighted by Crippen LogP contribution is 2.39. The van der Waals surface area contributed by atoms with Gasteiger partial charge in [-0.2, -0.15) is 8.78 Å². The minimum absolute atomic E-state index is 0.0629. The van der Waals surface area contributed by atoms with Crippen molar-refractivity contribution in [2.75, 3.05) is 0 Å². The molecule has 5 rings (SSSR count). The molecule has 0 saturated carbocycles. The van der Waals surface area contributed by atoms with Crippen LogP contribution in [-0.4, -0.2) is 0 Å². The summed E-state index contributed by atoms with van der Waals surface area (Å²) in [6.07, 6.45) is 4.73. The lowest BCUT2D eigenvalue weighted by atomic mass is 9.96. The summed E-state index contributed by atoms with van der Waals surface area (Å²) in [5, 5.41) is 0. The zero-order valence-electron chi connectivity index (χ0n) is 27.0. The fourth-order valence-corrected chi connectivity index (χ4v) is 5.79. The Morgan fingerprint density at radius 3 is 1.54 bits per heavy atom. The second-order valence-electron chi connectivity index (χ2n) is 12.1. The molecule has 0 N–H and O–H groups in total. The number of benzene rings is 5. The van der Waals surface area contributed by atoms with Crippen molar-refractivity contribution in [3.8, 4) is 39.1 Å². The highest BCUT2D eigenvalue weighted by Gasteiger charge is 2.41. The summed E-state index contributed by atoms with van der Waals surface area (Å²) in [4.78, 5) is 0. The summed E-state index contributed by atoms with van der Waals surface area (Å²) in [5.74, 6) is -12.3. The molecule has 0 radical (unpaired) electrons. The average Bonchev–Trinajstić information content (AvgIpc) is 3.06. The van der Waals surface area contributed by atoms with E-state index in [4.69, 9.17) is 0 Å². The highest BCUT2D eigenvalue weighted by atomic mass is 19.3. The first kappa shape index (κ1) is 36.5. The van der Waals surface area contributed by atoms with Crippen LogP contribution >= 0.6 is 0 Å². The van der Waals surface area contributed by atoms with Crippen molar-refractivity contribution in [3.63, 3.8) is 0 Å². The van der Waals surface area contributed by atoms with Crippen molar-refractivity contribution in [2.24, 2.45) is 0 Å². The van der Waals surface area contributed by atoms with Gasteiger partial charge >= 0.3 is 6.11 Å². The molecule has 0 amide bonds. The third kappa shape index (κ3) is 8.52. The first-order chi connectivity index (χ1) is 23.9. The van der Waals surface area contributed by atoms with Crippen LogP contribution in [0.2, 0.25) is 0 Å². The van der Waals surface area contributed by atoms with Crippen LogP contribution in [-0.2, 0) is 12.5 Å². The number of hydrogen-bond acceptors (Lipinski definition) is 1. The molecule has 0 unspecified atom stereocenters. The number of rotatable bonds is 14. The van der Waals surface area contributed by atoms with Crippen LogP contribution in [0.15, 0.2) is 84.9 Å². The fourth-order valence-electron chi connectivity index (χ4n) is 5.79. The monoisotopic (exact) mass is 700 g/mol. The van der Waals surface area contributed by atoms with Crippen LogP contribution in [0.5, 0.6) is 5.75 Å². The summed E-state index contributed by atoms with van der Waals surface area (Å²) in [6, 6.07) is 16.8. The van der Waals surface area contributed by atoms with E-state index in [9.17, 15) is 30.7 Å². The second kappa shape index (κ2) is 15.9. The molecule has 0 atom stereocenters. The van der Waals surface area contributed by atoms with E-state index in [0.29, 0.717) is 17.7 Å². The molecule has 1 nitrogen and oxygen atoms in total. The van der Waals surface area contributed by atoms with Crippen LogP contribution in [0.25, 0.3) is 33.4 Å². The van der Waals surface area contributed by atoms with Crippen molar-refractivity contribution < 1.29 is 44.3 Å². The van der Waals surface area contributed by atoms with Crippen molar-refractivity contribution in [3.05, 3.63) is 137 Å². The Morgan fingerprint density at radius 1 is 0.480 bits per heavy atom. The molecule has 0 aliphatic carbocycles. The summed E-state index contributed by atoms with van der Waals surface area (Å²) < 4.78 is 134. The summed E-state index contributed by atoms with van der Waals surface area (Å²) in [6.45, 7) is 2.20. The molecule has 10 heteroatoms. The van der Waals surface area contributed by atoms with E-state index >= 15 is 8.78 Å². The predicted molar refractivity (Wildman–Crippen MR) is 175 cm³/mol. The number of halogens is 9. The van der Waals surface area contributed by atoms with Crippen LogP contribution in [0.3, 0.4) is 0 Å². The standard InChI is InChI=1S/C40H33F9O/c1-2-3-4-5-6-7-8-9-24-10-12-25(13-11-24)26-14-16-30(32(41)18-26)27-15-17-31(33(42)19-27)28-20-34(43)38(35(44)21-28)40(48,49)50-29-22-36(45)39(47)37(46)23-29/h10-23H,2-9H2,1H3. The first-order valence-electron chi connectivity index (χ1n) is 16.3.